The highest BCUT2D eigenvalue weighted by Gasteiger charge is 2.20. The monoisotopic (exact) mass is 541 g/mol. The van der Waals surface area contributed by atoms with Crippen molar-refractivity contribution in [3.63, 3.8) is 0 Å². The molecule has 0 atom stereocenters. The second-order valence-electron chi connectivity index (χ2n) is 8.30. The summed E-state index contributed by atoms with van der Waals surface area (Å²) in [6.07, 6.45) is -0.708. The highest BCUT2D eigenvalue weighted by Crippen LogP contribution is 2.36. The molecular formula is C28H23N5O5S. The summed E-state index contributed by atoms with van der Waals surface area (Å²) in [7, 11) is 0. The predicted molar refractivity (Wildman–Crippen MR) is 148 cm³/mol. The van der Waals surface area contributed by atoms with Crippen molar-refractivity contribution in [2.24, 2.45) is 0 Å². The van der Waals surface area contributed by atoms with E-state index in [0.29, 0.717) is 39.4 Å². The number of carbonyl (C=O) groups is 3. The van der Waals surface area contributed by atoms with Gasteiger partial charge in [-0.05, 0) is 53.8 Å². The van der Waals surface area contributed by atoms with Crippen LogP contribution >= 0.6 is 11.3 Å². The van der Waals surface area contributed by atoms with Crippen LogP contribution < -0.4 is 16.0 Å². The summed E-state index contributed by atoms with van der Waals surface area (Å²) in [6, 6.07) is 20.6. The molecule has 0 radical (unpaired) electrons. The molecule has 0 saturated carbocycles. The number of hydrogen-bond donors (Lipinski definition) is 5. The molecule has 196 valence electrons. The van der Waals surface area contributed by atoms with Crippen molar-refractivity contribution in [3.05, 3.63) is 82.6 Å². The molecule has 2 heterocycles. The lowest BCUT2D eigenvalue weighted by atomic mass is 9.97. The molecule has 10 nitrogen and oxygen atoms in total. The molecule has 5 N–H and O–H groups in total. The van der Waals surface area contributed by atoms with Gasteiger partial charge in [-0.1, -0.05) is 30.3 Å². The maximum absolute atomic E-state index is 12.8. The fourth-order valence-electron chi connectivity index (χ4n) is 3.81. The lowest BCUT2D eigenvalue weighted by Crippen LogP contribution is -2.23. The number of thiophene rings is 1. The highest BCUT2D eigenvalue weighted by atomic mass is 32.1. The molecule has 0 unspecified atom stereocenters. The maximum Gasteiger partial charge on any atom is 0.404 e. The number of carbonyl (C=O) groups excluding carboxylic acids is 2. The standard InChI is InChI=1S/C28H23N5O5S/c29-16-21-20(17-6-3-7-18(14-17)31-25(35)11-4-12-30-28(37)38)15-22(19-8-1-2-9-23(19)34)32-26(21)33-27(36)24-10-5-13-39-24/h1-3,5-10,13-15,30,34H,4,11-12H2,(H,31,35)(H,37,38)(H,32,33,36). The number of phenols is 1. The van der Waals surface area contributed by atoms with Crippen LogP contribution in [0.3, 0.4) is 0 Å². The highest BCUT2D eigenvalue weighted by molar-refractivity contribution is 7.12. The quantitative estimate of drug-likeness (QED) is 0.180. The summed E-state index contributed by atoms with van der Waals surface area (Å²) < 4.78 is 0. The second kappa shape index (κ2) is 12.4. The van der Waals surface area contributed by atoms with Gasteiger partial charge in [0.05, 0.1) is 10.6 Å². The zero-order valence-corrected chi connectivity index (χ0v) is 21.3. The molecule has 3 amide bonds. The number of nitriles is 1. The normalized spacial score (nSPS) is 10.3. The first-order chi connectivity index (χ1) is 18.9. The molecule has 2 aromatic carbocycles. The van der Waals surface area contributed by atoms with Crippen LogP contribution in [0.15, 0.2) is 72.1 Å². The minimum absolute atomic E-state index is 0.0189. The third-order valence-electron chi connectivity index (χ3n) is 5.60. The lowest BCUT2D eigenvalue weighted by molar-refractivity contribution is -0.116. The van der Waals surface area contributed by atoms with Gasteiger partial charge in [-0.25, -0.2) is 9.78 Å². The first kappa shape index (κ1) is 26.8. The predicted octanol–water partition coefficient (Wildman–Crippen LogP) is 5.29. The molecule has 0 bridgehead atoms. The van der Waals surface area contributed by atoms with Crippen LogP contribution in [-0.2, 0) is 4.79 Å². The van der Waals surface area contributed by atoms with Crippen LogP contribution in [0.2, 0.25) is 0 Å². The van der Waals surface area contributed by atoms with Crippen LogP contribution in [0.25, 0.3) is 22.4 Å². The Morgan fingerprint density at radius 3 is 2.51 bits per heavy atom. The number of carboxylic acid groups (broad SMARTS) is 1. The SMILES string of the molecule is N#Cc1c(-c2cccc(NC(=O)CCCNC(=O)O)c2)cc(-c2ccccc2O)nc1NC(=O)c1cccs1. The molecule has 0 saturated heterocycles. The maximum atomic E-state index is 12.8. The largest absolute Gasteiger partial charge is 0.507 e. The van der Waals surface area contributed by atoms with E-state index in [-0.39, 0.29) is 36.0 Å². The van der Waals surface area contributed by atoms with Gasteiger partial charge in [0, 0.05) is 29.8 Å². The van der Waals surface area contributed by atoms with Gasteiger partial charge in [0.1, 0.15) is 17.4 Å². The van der Waals surface area contributed by atoms with Crippen molar-refractivity contribution in [1.29, 1.82) is 5.26 Å². The number of nitrogens with one attached hydrogen (secondary N) is 3. The number of nitrogens with zero attached hydrogens (tertiary/aromatic N) is 2. The molecule has 0 spiro atoms. The summed E-state index contributed by atoms with van der Waals surface area (Å²) in [5.74, 6) is -0.706. The third-order valence-corrected chi connectivity index (χ3v) is 6.47. The number of pyridine rings is 1. The lowest BCUT2D eigenvalue weighted by Gasteiger charge is -2.15. The van der Waals surface area contributed by atoms with Crippen LogP contribution in [-0.4, -0.2) is 39.6 Å². The van der Waals surface area contributed by atoms with Gasteiger partial charge >= 0.3 is 6.09 Å². The minimum atomic E-state index is -1.15. The fraction of sp³-hybridized carbons (Fsp3) is 0.107. The summed E-state index contributed by atoms with van der Waals surface area (Å²) in [6.45, 7) is 0.153. The third kappa shape index (κ3) is 6.76. The average Bonchev–Trinajstić information content (AvgIpc) is 3.46. The van der Waals surface area contributed by atoms with Crippen molar-refractivity contribution in [2.45, 2.75) is 12.8 Å². The topological polar surface area (TPSA) is 164 Å². The number of rotatable bonds is 9. The number of aromatic nitrogens is 1. The van der Waals surface area contributed by atoms with Crippen molar-refractivity contribution < 1.29 is 24.6 Å². The molecule has 2 aromatic heterocycles. The van der Waals surface area contributed by atoms with E-state index in [9.17, 15) is 24.8 Å². The number of anilines is 2. The van der Waals surface area contributed by atoms with Gasteiger partial charge in [0.15, 0.2) is 5.82 Å². The molecular weight excluding hydrogens is 518 g/mol. The van der Waals surface area contributed by atoms with E-state index in [0.717, 1.165) is 0 Å². The Balaban J connectivity index is 1.70. The van der Waals surface area contributed by atoms with E-state index in [2.05, 4.69) is 27.0 Å². The van der Waals surface area contributed by atoms with Crippen LogP contribution in [0.5, 0.6) is 5.75 Å². The van der Waals surface area contributed by atoms with E-state index in [1.807, 2.05) is 0 Å². The molecule has 4 aromatic rings. The first-order valence-electron chi connectivity index (χ1n) is 11.8. The number of phenolic OH excluding ortho intramolecular Hbond substituents is 1. The van der Waals surface area contributed by atoms with E-state index < -0.39 is 12.0 Å². The number of para-hydroxylation sites is 1. The molecule has 0 aliphatic heterocycles. The number of benzene rings is 2. The Morgan fingerprint density at radius 1 is 0.974 bits per heavy atom. The van der Waals surface area contributed by atoms with E-state index in [1.54, 1.807) is 66.0 Å². The summed E-state index contributed by atoms with van der Waals surface area (Å²) in [5.41, 5.74) is 2.34. The zero-order valence-electron chi connectivity index (χ0n) is 20.5. The van der Waals surface area contributed by atoms with Gasteiger partial charge in [-0.15, -0.1) is 11.3 Å². The van der Waals surface area contributed by atoms with Crippen LogP contribution in [0, 0.1) is 11.3 Å². The smallest absolute Gasteiger partial charge is 0.404 e. The summed E-state index contributed by atoms with van der Waals surface area (Å²) in [5, 5.41) is 38.7. The summed E-state index contributed by atoms with van der Waals surface area (Å²) >= 11 is 1.25. The Kier molecular flexibility index (Phi) is 8.50. The molecule has 4 rings (SSSR count). The number of hydrogen-bond acceptors (Lipinski definition) is 7. The van der Waals surface area contributed by atoms with Gasteiger partial charge in [-0.3, -0.25) is 9.59 Å². The van der Waals surface area contributed by atoms with Gasteiger partial charge in [0.2, 0.25) is 5.91 Å². The van der Waals surface area contributed by atoms with Gasteiger partial charge < -0.3 is 26.2 Å². The van der Waals surface area contributed by atoms with E-state index in [1.165, 1.54) is 17.4 Å². The van der Waals surface area contributed by atoms with Crippen LogP contribution in [0.1, 0.15) is 28.1 Å². The Labute approximate surface area is 227 Å². The Morgan fingerprint density at radius 2 is 1.79 bits per heavy atom. The number of amides is 3. The minimum Gasteiger partial charge on any atom is -0.507 e. The van der Waals surface area contributed by atoms with Gasteiger partial charge in [0.25, 0.3) is 5.91 Å². The van der Waals surface area contributed by atoms with E-state index in [4.69, 9.17) is 5.11 Å². The molecule has 39 heavy (non-hydrogen) atoms. The van der Waals surface area contributed by atoms with Crippen molar-refractivity contribution in [2.75, 3.05) is 17.2 Å². The van der Waals surface area contributed by atoms with Crippen LogP contribution in [0.4, 0.5) is 16.3 Å². The van der Waals surface area contributed by atoms with Crippen molar-refractivity contribution >= 4 is 40.7 Å². The molecule has 0 aliphatic carbocycles. The summed E-state index contributed by atoms with van der Waals surface area (Å²) in [4.78, 5) is 40.7. The second-order valence-corrected chi connectivity index (χ2v) is 9.25. The van der Waals surface area contributed by atoms with Crippen molar-refractivity contribution in [3.8, 4) is 34.2 Å². The van der Waals surface area contributed by atoms with Gasteiger partial charge in [-0.2, -0.15) is 5.26 Å². The molecule has 0 fully saturated rings. The zero-order chi connectivity index (χ0) is 27.8. The van der Waals surface area contributed by atoms with E-state index >= 15 is 0 Å². The van der Waals surface area contributed by atoms with Crippen molar-refractivity contribution in [1.82, 2.24) is 10.3 Å². The average molecular weight is 542 g/mol. The Bertz CT molecular complexity index is 1560. The molecule has 11 heteroatoms. The fourth-order valence-corrected chi connectivity index (χ4v) is 4.43. The first-order valence-corrected chi connectivity index (χ1v) is 12.7. The molecule has 0 aliphatic rings. The Hall–Kier alpha value is -5.21. The number of aromatic hydroxyl groups is 1.